The number of nitrogens with one attached hydrogen (secondary N) is 1. The molecule has 0 unspecified atom stereocenters. The summed E-state index contributed by atoms with van der Waals surface area (Å²) < 4.78 is 4.80. The fraction of sp³-hybridized carbons (Fsp3) is 0.500. The third kappa shape index (κ3) is 5.63. The summed E-state index contributed by atoms with van der Waals surface area (Å²) in [6.07, 6.45) is 1.91. The molecule has 1 N–H and O–H groups in total. The van der Waals surface area contributed by atoms with Gasteiger partial charge in [-0.1, -0.05) is 13.0 Å². The molecular formula is C16H22N2O4. The van der Waals surface area contributed by atoms with Crippen molar-refractivity contribution in [2.24, 2.45) is 0 Å². The van der Waals surface area contributed by atoms with E-state index in [1.165, 1.54) is 6.20 Å². The highest BCUT2D eigenvalue weighted by atomic mass is 16.5. The first-order chi connectivity index (χ1) is 10.2. The number of pyridine rings is 1. The molecule has 0 aliphatic carbocycles. The third-order valence-electron chi connectivity index (χ3n) is 2.61. The van der Waals surface area contributed by atoms with Crippen LogP contribution in [0.1, 0.15) is 50.2 Å². The van der Waals surface area contributed by atoms with E-state index in [-0.39, 0.29) is 24.6 Å². The van der Waals surface area contributed by atoms with E-state index in [9.17, 15) is 14.4 Å². The molecular weight excluding hydrogens is 284 g/mol. The lowest BCUT2D eigenvalue weighted by molar-refractivity contribution is -0.153. The van der Waals surface area contributed by atoms with Gasteiger partial charge in [0.1, 0.15) is 5.69 Å². The molecule has 1 aromatic heterocycles. The quantitative estimate of drug-likeness (QED) is 0.638. The van der Waals surface area contributed by atoms with E-state index in [1.807, 2.05) is 27.7 Å². The van der Waals surface area contributed by atoms with Gasteiger partial charge in [0.2, 0.25) is 5.78 Å². The Labute approximate surface area is 130 Å². The van der Waals surface area contributed by atoms with Gasteiger partial charge in [0.25, 0.3) is 5.91 Å². The van der Waals surface area contributed by atoms with E-state index in [0.717, 1.165) is 0 Å². The molecule has 0 aliphatic heterocycles. The Balaban J connectivity index is 2.86. The standard InChI is InChI=1S/C16H22N2O4/c1-5-9-22-15(21)12(19)10-11-7-6-8-17-13(11)14(20)18-16(2,3)4/h6-8H,5,9-10H2,1-4H3,(H,18,20). The van der Waals surface area contributed by atoms with Gasteiger partial charge in [-0.2, -0.15) is 0 Å². The van der Waals surface area contributed by atoms with Crippen LogP contribution in [0.3, 0.4) is 0 Å². The summed E-state index contributed by atoms with van der Waals surface area (Å²) in [6.45, 7) is 7.59. The minimum absolute atomic E-state index is 0.147. The van der Waals surface area contributed by atoms with Gasteiger partial charge >= 0.3 is 5.97 Å². The molecule has 0 fully saturated rings. The first-order valence-corrected chi connectivity index (χ1v) is 7.21. The summed E-state index contributed by atoms with van der Waals surface area (Å²) in [4.78, 5) is 39.6. The lowest BCUT2D eigenvalue weighted by Crippen LogP contribution is -2.41. The molecule has 1 rings (SSSR count). The number of esters is 1. The average molecular weight is 306 g/mol. The van der Waals surface area contributed by atoms with E-state index in [2.05, 4.69) is 10.3 Å². The highest BCUT2D eigenvalue weighted by molar-refractivity contribution is 6.34. The van der Waals surface area contributed by atoms with Crippen molar-refractivity contribution in [2.75, 3.05) is 6.61 Å². The Bertz CT molecular complexity index is 562. The number of carbonyl (C=O) groups is 3. The van der Waals surface area contributed by atoms with Gasteiger partial charge in [0.05, 0.1) is 6.61 Å². The predicted octanol–water partition coefficient (Wildman–Crippen LogP) is 1.67. The van der Waals surface area contributed by atoms with E-state index in [0.29, 0.717) is 12.0 Å². The van der Waals surface area contributed by atoms with Crippen LogP contribution in [-0.4, -0.2) is 34.8 Å². The molecule has 6 nitrogen and oxygen atoms in total. The summed E-state index contributed by atoms with van der Waals surface area (Å²) in [6, 6.07) is 3.23. The maximum absolute atomic E-state index is 12.2. The van der Waals surface area contributed by atoms with Gasteiger partial charge < -0.3 is 10.1 Å². The number of hydrogen-bond donors (Lipinski definition) is 1. The molecule has 0 spiro atoms. The van der Waals surface area contributed by atoms with E-state index in [4.69, 9.17) is 4.74 Å². The smallest absolute Gasteiger partial charge is 0.374 e. The third-order valence-corrected chi connectivity index (χ3v) is 2.61. The average Bonchev–Trinajstić information content (AvgIpc) is 2.43. The molecule has 0 aliphatic rings. The molecule has 120 valence electrons. The van der Waals surface area contributed by atoms with Crippen molar-refractivity contribution in [3.63, 3.8) is 0 Å². The number of carbonyl (C=O) groups excluding carboxylic acids is 3. The first-order valence-electron chi connectivity index (χ1n) is 7.21. The normalized spacial score (nSPS) is 10.9. The number of ketones is 1. The minimum atomic E-state index is -0.882. The van der Waals surface area contributed by atoms with Crippen molar-refractivity contribution in [2.45, 2.75) is 46.1 Å². The Hall–Kier alpha value is -2.24. The maximum Gasteiger partial charge on any atom is 0.374 e. The number of amides is 1. The van der Waals surface area contributed by atoms with Crippen LogP contribution in [0.5, 0.6) is 0 Å². The van der Waals surface area contributed by atoms with E-state index >= 15 is 0 Å². The molecule has 6 heteroatoms. The van der Waals surface area contributed by atoms with Crippen molar-refractivity contribution in [3.8, 4) is 0 Å². The SMILES string of the molecule is CCCOC(=O)C(=O)Cc1cccnc1C(=O)NC(C)(C)C. The van der Waals surface area contributed by atoms with Crippen molar-refractivity contribution in [1.29, 1.82) is 0 Å². The summed E-state index contributed by atoms with van der Waals surface area (Å²) in [5.41, 5.74) is 0.132. The highest BCUT2D eigenvalue weighted by Crippen LogP contribution is 2.10. The van der Waals surface area contributed by atoms with Gasteiger partial charge in [-0.25, -0.2) is 4.79 Å². The van der Waals surface area contributed by atoms with Crippen LogP contribution in [-0.2, 0) is 20.7 Å². The Morgan fingerprint density at radius 3 is 2.55 bits per heavy atom. The molecule has 22 heavy (non-hydrogen) atoms. The lowest BCUT2D eigenvalue weighted by Gasteiger charge is -2.20. The van der Waals surface area contributed by atoms with Crippen LogP contribution in [0.2, 0.25) is 0 Å². The largest absolute Gasteiger partial charge is 0.460 e. The van der Waals surface area contributed by atoms with Crippen LogP contribution in [0, 0.1) is 0 Å². The van der Waals surface area contributed by atoms with Gasteiger partial charge in [-0.05, 0) is 38.8 Å². The molecule has 0 atom stereocenters. The van der Waals surface area contributed by atoms with Crippen molar-refractivity contribution >= 4 is 17.7 Å². The van der Waals surface area contributed by atoms with E-state index < -0.39 is 17.3 Å². The molecule has 0 aromatic carbocycles. The molecule has 1 heterocycles. The second-order valence-corrected chi connectivity index (χ2v) is 5.95. The van der Waals surface area contributed by atoms with Gasteiger partial charge in [-0.3, -0.25) is 14.6 Å². The zero-order valence-corrected chi connectivity index (χ0v) is 13.4. The number of rotatable bonds is 6. The van der Waals surface area contributed by atoms with E-state index in [1.54, 1.807) is 12.1 Å². The Morgan fingerprint density at radius 2 is 1.95 bits per heavy atom. The number of ether oxygens (including phenoxy) is 1. The van der Waals surface area contributed by atoms with Crippen molar-refractivity contribution in [3.05, 3.63) is 29.6 Å². The fourth-order valence-electron chi connectivity index (χ4n) is 1.71. The summed E-state index contributed by atoms with van der Waals surface area (Å²) in [5.74, 6) is -1.95. The van der Waals surface area contributed by atoms with Gasteiger partial charge in [0.15, 0.2) is 0 Å². The summed E-state index contributed by atoms with van der Waals surface area (Å²) in [7, 11) is 0. The highest BCUT2D eigenvalue weighted by Gasteiger charge is 2.22. The van der Waals surface area contributed by atoms with Crippen LogP contribution >= 0.6 is 0 Å². The number of hydrogen-bond acceptors (Lipinski definition) is 5. The van der Waals surface area contributed by atoms with Gasteiger partial charge in [0, 0.05) is 18.2 Å². The number of aromatic nitrogens is 1. The molecule has 0 radical (unpaired) electrons. The topological polar surface area (TPSA) is 85.4 Å². The minimum Gasteiger partial charge on any atom is -0.460 e. The number of Topliss-reactive ketones (excluding diaryl/α,β-unsaturated/α-hetero) is 1. The molecule has 0 saturated carbocycles. The Morgan fingerprint density at radius 1 is 1.27 bits per heavy atom. The van der Waals surface area contributed by atoms with Crippen LogP contribution in [0.4, 0.5) is 0 Å². The molecule has 1 amide bonds. The van der Waals surface area contributed by atoms with Crippen LogP contribution in [0.25, 0.3) is 0 Å². The maximum atomic E-state index is 12.2. The van der Waals surface area contributed by atoms with Crippen LogP contribution in [0.15, 0.2) is 18.3 Å². The Kier molecular flexibility index (Phi) is 6.22. The fourth-order valence-corrected chi connectivity index (χ4v) is 1.71. The number of nitrogens with zero attached hydrogens (tertiary/aromatic N) is 1. The molecule has 0 bridgehead atoms. The monoisotopic (exact) mass is 306 g/mol. The molecule has 1 aromatic rings. The van der Waals surface area contributed by atoms with Crippen LogP contribution < -0.4 is 5.32 Å². The van der Waals surface area contributed by atoms with Crippen molar-refractivity contribution in [1.82, 2.24) is 10.3 Å². The summed E-state index contributed by atoms with van der Waals surface area (Å²) in [5, 5.41) is 2.78. The molecule has 0 saturated heterocycles. The summed E-state index contributed by atoms with van der Waals surface area (Å²) >= 11 is 0. The van der Waals surface area contributed by atoms with Crippen molar-refractivity contribution < 1.29 is 19.1 Å². The zero-order valence-electron chi connectivity index (χ0n) is 13.4. The zero-order chi connectivity index (χ0) is 16.8. The van der Waals surface area contributed by atoms with Gasteiger partial charge in [-0.15, -0.1) is 0 Å². The predicted molar refractivity (Wildman–Crippen MR) is 81.4 cm³/mol. The first kappa shape index (κ1) is 17.8. The second-order valence-electron chi connectivity index (χ2n) is 5.95. The second kappa shape index (κ2) is 7.68. The lowest BCUT2D eigenvalue weighted by atomic mass is 10.0.